The summed E-state index contributed by atoms with van der Waals surface area (Å²) < 4.78 is 35.8. The van der Waals surface area contributed by atoms with Gasteiger partial charge in [-0.1, -0.05) is 42.5 Å². The Morgan fingerprint density at radius 3 is 2.50 bits per heavy atom. The van der Waals surface area contributed by atoms with Crippen molar-refractivity contribution in [3.8, 4) is 11.5 Å². The summed E-state index contributed by atoms with van der Waals surface area (Å²) in [6, 6.07) is 14.6. The average molecular weight is 449 g/mol. The zero-order chi connectivity index (χ0) is 23.2. The van der Waals surface area contributed by atoms with Crippen molar-refractivity contribution >= 4 is 11.9 Å². The van der Waals surface area contributed by atoms with Crippen LogP contribution in [0.1, 0.15) is 31.4 Å². The van der Waals surface area contributed by atoms with Crippen LogP contribution in [-0.2, 0) is 17.9 Å². The lowest BCUT2D eigenvalue weighted by molar-refractivity contribution is -0.121. The van der Waals surface area contributed by atoms with Crippen molar-refractivity contribution in [1.82, 2.24) is 16.0 Å². The molecular formula is C23H30F2N4O3. The van der Waals surface area contributed by atoms with Crippen molar-refractivity contribution in [1.29, 1.82) is 0 Å². The molecule has 0 bridgehead atoms. The van der Waals surface area contributed by atoms with Crippen molar-refractivity contribution in [3.05, 3.63) is 59.7 Å². The predicted octanol–water partition coefficient (Wildman–Crippen LogP) is 3.45. The third kappa shape index (κ3) is 8.79. The second-order valence-corrected chi connectivity index (χ2v) is 6.69. The number of ether oxygens (including phenoxy) is 2. The number of rotatable bonds is 12. The van der Waals surface area contributed by atoms with Crippen LogP contribution >= 0.6 is 0 Å². The molecule has 7 nitrogen and oxygen atoms in total. The van der Waals surface area contributed by atoms with Gasteiger partial charge in [0.2, 0.25) is 5.91 Å². The van der Waals surface area contributed by atoms with Crippen molar-refractivity contribution in [2.75, 3.05) is 19.7 Å². The minimum atomic E-state index is -2.97. The number of hydrogen-bond acceptors (Lipinski definition) is 4. The minimum Gasteiger partial charge on any atom is -0.490 e. The molecule has 2 rings (SSSR count). The Morgan fingerprint density at radius 1 is 1.03 bits per heavy atom. The van der Waals surface area contributed by atoms with Gasteiger partial charge < -0.3 is 25.4 Å². The summed E-state index contributed by atoms with van der Waals surface area (Å²) in [5, 5.41) is 9.01. The molecule has 0 spiro atoms. The van der Waals surface area contributed by atoms with Crippen LogP contribution in [0.5, 0.6) is 11.5 Å². The van der Waals surface area contributed by atoms with Gasteiger partial charge in [-0.3, -0.25) is 4.79 Å². The molecule has 2 aromatic rings. The smallest absolute Gasteiger partial charge is 0.387 e. The molecule has 0 heterocycles. The van der Waals surface area contributed by atoms with E-state index in [0.717, 1.165) is 5.56 Å². The number of para-hydroxylation sites is 1. The molecule has 9 heteroatoms. The number of benzene rings is 2. The van der Waals surface area contributed by atoms with Crippen molar-refractivity contribution in [3.63, 3.8) is 0 Å². The van der Waals surface area contributed by atoms with Crippen molar-refractivity contribution in [2.24, 2.45) is 4.99 Å². The predicted molar refractivity (Wildman–Crippen MR) is 120 cm³/mol. The Morgan fingerprint density at radius 2 is 1.81 bits per heavy atom. The second kappa shape index (κ2) is 13.8. The molecule has 2 aromatic carbocycles. The van der Waals surface area contributed by atoms with Crippen LogP contribution in [0.3, 0.4) is 0 Å². The van der Waals surface area contributed by atoms with Crippen LogP contribution in [0, 0.1) is 0 Å². The molecule has 0 fully saturated rings. The Hall–Kier alpha value is -3.36. The van der Waals surface area contributed by atoms with Gasteiger partial charge in [0.25, 0.3) is 0 Å². The van der Waals surface area contributed by atoms with Gasteiger partial charge in [0.15, 0.2) is 17.5 Å². The normalized spacial score (nSPS) is 11.2. The first-order valence-electron chi connectivity index (χ1n) is 10.6. The highest BCUT2D eigenvalue weighted by Gasteiger charge is 2.15. The van der Waals surface area contributed by atoms with E-state index in [1.807, 2.05) is 37.3 Å². The molecule has 0 radical (unpaired) electrons. The highest BCUT2D eigenvalue weighted by molar-refractivity contribution is 5.81. The maximum Gasteiger partial charge on any atom is 0.387 e. The number of alkyl halides is 2. The Labute approximate surface area is 187 Å². The molecule has 174 valence electrons. The summed E-state index contributed by atoms with van der Waals surface area (Å²) in [5.74, 6) is 0.597. The maximum atomic E-state index is 12.9. The van der Waals surface area contributed by atoms with E-state index < -0.39 is 6.61 Å². The van der Waals surface area contributed by atoms with Gasteiger partial charge in [0.1, 0.15) is 0 Å². The van der Waals surface area contributed by atoms with E-state index in [0.29, 0.717) is 37.8 Å². The number of amides is 1. The quantitative estimate of drug-likeness (QED) is 0.342. The lowest BCUT2D eigenvalue weighted by Crippen LogP contribution is -2.39. The van der Waals surface area contributed by atoms with E-state index >= 15 is 0 Å². The molecule has 3 N–H and O–H groups in total. The van der Waals surface area contributed by atoms with Gasteiger partial charge in [0, 0.05) is 31.6 Å². The van der Waals surface area contributed by atoms with Gasteiger partial charge in [-0.2, -0.15) is 8.78 Å². The number of guanidine groups is 1. The number of carbonyl (C=O) groups is 1. The van der Waals surface area contributed by atoms with E-state index in [4.69, 9.17) is 4.74 Å². The first kappa shape index (κ1) is 24.9. The van der Waals surface area contributed by atoms with E-state index in [9.17, 15) is 13.6 Å². The first-order chi connectivity index (χ1) is 15.5. The molecule has 0 saturated heterocycles. The molecule has 32 heavy (non-hydrogen) atoms. The lowest BCUT2D eigenvalue weighted by atomic mass is 10.2. The molecule has 0 aromatic heterocycles. The van der Waals surface area contributed by atoms with Crippen LogP contribution in [0.2, 0.25) is 0 Å². The molecule has 0 atom stereocenters. The molecule has 1 amide bonds. The van der Waals surface area contributed by atoms with Gasteiger partial charge >= 0.3 is 6.61 Å². The first-order valence-corrected chi connectivity index (χ1v) is 10.6. The molecule has 0 aliphatic rings. The number of nitrogens with one attached hydrogen (secondary N) is 3. The summed E-state index contributed by atoms with van der Waals surface area (Å²) in [4.78, 5) is 16.5. The Bertz CT molecular complexity index is 864. The summed E-state index contributed by atoms with van der Waals surface area (Å²) in [6.45, 7) is 2.56. The standard InChI is InChI=1S/C23H30F2N4O3/c1-3-26-23(27-14-13-20(30)28-15-17-9-6-5-7-10-17)29-16-18-11-8-12-19(31-4-2)21(18)32-22(24)25/h5-12,22H,3-4,13-16H2,1-2H3,(H,28,30)(H2,26,27,29). The van der Waals surface area contributed by atoms with Crippen molar-refractivity contribution in [2.45, 2.75) is 40.0 Å². The van der Waals surface area contributed by atoms with E-state index in [1.54, 1.807) is 25.1 Å². The third-order valence-corrected chi connectivity index (χ3v) is 4.30. The monoisotopic (exact) mass is 448 g/mol. The maximum absolute atomic E-state index is 12.9. The fourth-order valence-electron chi connectivity index (χ4n) is 2.86. The van der Waals surface area contributed by atoms with Crippen LogP contribution < -0.4 is 25.4 Å². The third-order valence-electron chi connectivity index (χ3n) is 4.30. The number of halogens is 2. The van der Waals surface area contributed by atoms with Gasteiger partial charge in [0.05, 0.1) is 13.2 Å². The van der Waals surface area contributed by atoms with Gasteiger partial charge in [-0.05, 0) is 25.5 Å². The minimum absolute atomic E-state index is 0.0239. The van der Waals surface area contributed by atoms with Gasteiger partial charge in [-0.25, -0.2) is 4.99 Å². The summed E-state index contributed by atoms with van der Waals surface area (Å²) in [6.07, 6.45) is 0.261. The Kier molecular flexibility index (Phi) is 10.8. The highest BCUT2D eigenvalue weighted by Crippen LogP contribution is 2.33. The number of nitrogens with zero attached hydrogens (tertiary/aromatic N) is 1. The van der Waals surface area contributed by atoms with Crippen LogP contribution in [-0.4, -0.2) is 38.2 Å². The van der Waals surface area contributed by atoms with E-state index in [2.05, 4.69) is 25.7 Å². The molecule has 0 aliphatic heterocycles. The fraction of sp³-hybridized carbons (Fsp3) is 0.391. The SMILES string of the molecule is CCNC(=NCc1cccc(OCC)c1OC(F)F)NCCC(=O)NCc1ccccc1. The lowest BCUT2D eigenvalue weighted by Gasteiger charge is -2.15. The van der Waals surface area contributed by atoms with Crippen LogP contribution in [0.4, 0.5) is 8.78 Å². The largest absolute Gasteiger partial charge is 0.490 e. The van der Waals surface area contributed by atoms with Crippen LogP contribution in [0.15, 0.2) is 53.5 Å². The molecule has 0 aliphatic carbocycles. The topological polar surface area (TPSA) is 84.0 Å². The molecular weight excluding hydrogens is 418 g/mol. The van der Waals surface area contributed by atoms with E-state index in [-0.39, 0.29) is 30.4 Å². The second-order valence-electron chi connectivity index (χ2n) is 6.69. The zero-order valence-corrected chi connectivity index (χ0v) is 18.4. The number of hydrogen-bond donors (Lipinski definition) is 3. The van der Waals surface area contributed by atoms with E-state index in [1.165, 1.54) is 0 Å². The molecule has 0 unspecified atom stereocenters. The highest BCUT2D eigenvalue weighted by atomic mass is 19.3. The number of aliphatic imine (C=N–C) groups is 1. The summed E-state index contributed by atoms with van der Waals surface area (Å²) in [7, 11) is 0. The zero-order valence-electron chi connectivity index (χ0n) is 18.4. The fourth-order valence-corrected chi connectivity index (χ4v) is 2.86. The van der Waals surface area contributed by atoms with Crippen molar-refractivity contribution < 1.29 is 23.0 Å². The van der Waals surface area contributed by atoms with Gasteiger partial charge in [-0.15, -0.1) is 0 Å². The summed E-state index contributed by atoms with van der Waals surface area (Å²) in [5.41, 5.74) is 1.49. The average Bonchev–Trinajstić information content (AvgIpc) is 2.78. The Balaban J connectivity index is 1.93. The number of carbonyl (C=O) groups excluding carboxylic acids is 1. The summed E-state index contributed by atoms with van der Waals surface area (Å²) >= 11 is 0. The van der Waals surface area contributed by atoms with Crippen LogP contribution in [0.25, 0.3) is 0 Å². The molecule has 0 saturated carbocycles.